The maximum absolute atomic E-state index is 5.20. The van der Waals surface area contributed by atoms with E-state index in [2.05, 4.69) is 206 Å². The normalized spacial score (nSPS) is 12.1. The lowest BCUT2D eigenvalue weighted by Gasteiger charge is -2.17. The summed E-state index contributed by atoms with van der Waals surface area (Å²) in [5, 5.41) is 4.97. The number of rotatable bonds is 4. The average molecular weight is 690 g/mol. The molecule has 0 aliphatic heterocycles. The number of hydrogen-bond acceptors (Lipinski definition) is 1. The summed E-state index contributed by atoms with van der Waals surface area (Å²) in [5.41, 5.74) is 14.7. The third kappa shape index (κ3) is 3.95. The molecule has 252 valence electrons. The molecule has 0 aliphatic rings. The molecule has 5 nitrogen and oxygen atoms in total. The molecule has 0 aliphatic carbocycles. The molecule has 0 fully saturated rings. The molecule has 12 aromatic rings. The first-order chi connectivity index (χ1) is 26.8. The first-order valence-electron chi connectivity index (χ1n) is 18.4. The Bertz CT molecular complexity index is 3410. The number of fused-ring (bicyclic) bond motifs is 11. The Morgan fingerprint density at radius 3 is 1.44 bits per heavy atom. The maximum Gasteiger partial charge on any atom is 0.220 e. The Balaban J connectivity index is 1.11. The number of para-hydroxylation sites is 9. The summed E-state index contributed by atoms with van der Waals surface area (Å²) >= 11 is 0. The van der Waals surface area contributed by atoms with E-state index in [0.29, 0.717) is 0 Å². The van der Waals surface area contributed by atoms with E-state index in [0.717, 1.165) is 56.0 Å². The fraction of sp³-hybridized carbons (Fsp3) is 0. The smallest absolute Gasteiger partial charge is 0.220 e. The second-order valence-corrected chi connectivity index (χ2v) is 14.0. The van der Waals surface area contributed by atoms with Gasteiger partial charge in [-0.3, -0.25) is 8.97 Å². The van der Waals surface area contributed by atoms with Crippen molar-refractivity contribution in [1.29, 1.82) is 0 Å². The molecular weight excluding hydrogens is 659 g/mol. The van der Waals surface area contributed by atoms with Gasteiger partial charge in [-0.1, -0.05) is 115 Å². The van der Waals surface area contributed by atoms with Crippen molar-refractivity contribution in [3.8, 4) is 28.2 Å². The highest BCUT2D eigenvalue weighted by Crippen LogP contribution is 2.41. The summed E-state index contributed by atoms with van der Waals surface area (Å²) in [6.07, 6.45) is 0. The largest absolute Gasteiger partial charge is 0.309 e. The van der Waals surface area contributed by atoms with Gasteiger partial charge in [0.15, 0.2) is 0 Å². The van der Waals surface area contributed by atoms with Gasteiger partial charge in [-0.2, -0.15) is 0 Å². The molecule has 4 heterocycles. The summed E-state index contributed by atoms with van der Waals surface area (Å²) in [6, 6.07) is 67.7. The second kappa shape index (κ2) is 11.1. The Hall–Kier alpha value is -7.37. The molecule has 0 saturated heterocycles. The van der Waals surface area contributed by atoms with Crippen LogP contribution in [0.1, 0.15) is 0 Å². The molecule has 4 aromatic heterocycles. The first kappa shape index (κ1) is 29.2. The van der Waals surface area contributed by atoms with Gasteiger partial charge >= 0.3 is 0 Å². The fourth-order valence-electron chi connectivity index (χ4n) is 8.94. The minimum absolute atomic E-state index is 0.900. The van der Waals surface area contributed by atoms with Gasteiger partial charge < -0.3 is 9.13 Å². The number of aromatic nitrogens is 5. The van der Waals surface area contributed by atoms with Gasteiger partial charge in [0, 0.05) is 38.4 Å². The van der Waals surface area contributed by atoms with Crippen molar-refractivity contribution in [2.45, 2.75) is 0 Å². The van der Waals surface area contributed by atoms with Gasteiger partial charge in [0.25, 0.3) is 0 Å². The van der Waals surface area contributed by atoms with E-state index >= 15 is 0 Å². The molecule has 0 radical (unpaired) electrons. The van der Waals surface area contributed by atoms with E-state index < -0.39 is 0 Å². The molecule has 0 spiro atoms. The maximum atomic E-state index is 5.20. The van der Waals surface area contributed by atoms with E-state index in [1.165, 1.54) is 43.6 Å². The van der Waals surface area contributed by atoms with Crippen molar-refractivity contribution in [1.82, 2.24) is 23.1 Å². The molecule has 5 heteroatoms. The third-order valence-electron chi connectivity index (χ3n) is 11.2. The van der Waals surface area contributed by atoms with Crippen LogP contribution in [0.5, 0.6) is 0 Å². The van der Waals surface area contributed by atoms with Gasteiger partial charge in [-0.15, -0.1) is 0 Å². The zero-order valence-electron chi connectivity index (χ0n) is 29.1. The summed E-state index contributed by atoms with van der Waals surface area (Å²) in [7, 11) is 0. The topological polar surface area (TPSA) is 32.1 Å². The quantitative estimate of drug-likeness (QED) is 0.181. The minimum atomic E-state index is 0.900. The van der Waals surface area contributed by atoms with Crippen molar-refractivity contribution in [3.05, 3.63) is 188 Å². The van der Waals surface area contributed by atoms with Crippen molar-refractivity contribution in [3.63, 3.8) is 0 Å². The van der Waals surface area contributed by atoms with Crippen molar-refractivity contribution < 1.29 is 0 Å². The van der Waals surface area contributed by atoms with Crippen LogP contribution in [0.25, 0.3) is 99.6 Å². The zero-order chi connectivity index (χ0) is 35.3. The van der Waals surface area contributed by atoms with Crippen molar-refractivity contribution in [2.24, 2.45) is 0 Å². The predicted octanol–water partition coefficient (Wildman–Crippen LogP) is 12.3. The first-order valence-corrected chi connectivity index (χ1v) is 18.4. The average Bonchev–Trinajstić information content (AvgIpc) is 3.96. The van der Waals surface area contributed by atoms with Crippen LogP contribution >= 0.6 is 0 Å². The van der Waals surface area contributed by atoms with Crippen molar-refractivity contribution in [2.75, 3.05) is 0 Å². The van der Waals surface area contributed by atoms with Gasteiger partial charge in [0.1, 0.15) is 0 Å². The van der Waals surface area contributed by atoms with Crippen LogP contribution in [-0.4, -0.2) is 23.1 Å². The summed E-state index contributed by atoms with van der Waals surface area (Å²) in [5.74, 6) is 0.900. The number of benzene rings is 8. The highest BCUT2D eigenvalue weighted by atomic mass is 15.2. The molecule has 0 unspecified atom stereocenters. The van der Waals surface area contributed by atoms with Crippen LogP contribution in [0.2, 0.25) is 0 Å². The highest BCUT2D eigenvalue weighted by molar-refractivity contribution is 6.12. The standard InChI is InChI=1S/C49H31N5/c1-7-21-40-33(15-1)34-16-2-8-22-41(34)51(40)32-29-30-45-38(31-32)37-19-5-10-24-43(37)52(45)42-23-9-3-17-35(42)36-18-4-11-25-44(36)53-47-27-13-14-28-48(47)54-46-26-12-6-20-39(46)50-49(53)54/h1-31H. The van der Waals surface area contributed by atoms with E-state index in [-0.39, 0.29) is 0 Å². The predicted molar refractivity (Wildman–Crippen MR) is 224 cm³/mol. The van der Waals surface area contributed by atoms with Crippen LogP contribution in [0.3, 0.4) is 0 Å². The molecule has 0 bridgehead atoms. The highest BCUT2D eigenvalue weighted by Gasteiger charge is 2.22. The Labute approximate surface area is 309 Å². The Morgan fingerprint density at radius 2 is 0.778 bits per heavy atom. The second-order valence-electron chi connectivity index (χ2n) is 14.0. The van der Waals surface area contributed by atoms with E-state index in [9.17, 15) is 0 Å². The molecular formula is C49H31N5. The van der Waals surface area contributed by atoms with Gasteiger partial charge in [-0.25, -0.2) is 4.98 Å². The molecule has 54 heavy (non-hydrogen) atoms. The lowest BCUT2D eigenvalue weighted by molar-refractivity contribution is 1.11. The van der Waals surface area contributed by atoms with E-state index in [1.807, 2.05) is 0 Å². The minimum Gasteiger partial charge on any atom is -0.309 e. The molecule has 0 atom stereocenters. The SMILES string of the molecule is c1ccc(-n2c3ccccc3c3cc(-n4c5ccccc5c5ccccc54)ccc32)c(-c2ccccc2-n2c3ccccc3n3c4ccccc4nc23)c1. The molecule has 8 aromatic carbocycles. The Morgan fingerprint density at radius 1 is 0.315 bits per heavy atom. The summed E-state index contributed by atoms with van der Waals surface area (Å²) < 4.78 is 9.46. The molecule has 0 saturated carbocycles. The fourth-order valence-corrected chi connectivity index (χ4v) is 8.94. The monoisotopic (exact) mass is 689 g/mol. The molecule has 0 N–H and O–H groups in total. The van der Waals surface area contributed by atoms with Crippen LogP contribution < -0.4 is 0 Å². The summed E-state index contributed by atoms with van der Waals surface area (Å²) in [6.45, 7) is 0. The lowest BCUT2D eigenvalue weighted by atomic mass is 10.0. The van der Waals surface area contributed by atoms with Gasteiger partial charge in [-0.05, 0) is 72.8 Å². The number of nitrogens with zero attached hydrogens (tertiary/aromatic N) is 5. The van der Waals surface area contributed by atoms with Crippen LogP contribution in [0, 0.1) is 0 Å². The lowest BCUT2D eigenvalue weighted by Crippen LogP contribution is -2.02. The number of hydrogen-bond donors (Lipinski definition) is 0. The number of imidazole rings is 2. The zero-order valence-corrected chi connectivity index (χ0v) is 29.1. The van der Waals surface area contributed by atoms with Crippen LogP contribution in [-0.2, 0) is 0 Å². The van der Waals surface area contributed by atoms with E-state index in [4.69, 9.17) is 4.98 Å². The van der Waals surface area contributed by atoms with E-state index in [1.54, 1.807) is 0 Å². The van der Waals surface area contributed by atoms with Crippen molar-refractivity contribution >= 4 is 71.5 Å². The molecule has 12 rings (SSSR count). The van der Waals surface area contributed by atoms with Gasteiger partial charge in [0.2, 0.25) is 5.78 Å². The Kier molecular flexibility index (Phi) is 5.99. The van der Waals surface area contributed by atoms with Crippen LogP contribution in [0.4, 0.5) is 0 Å². The summed E-state index contributed by atoms with van der Waals surface area (Å²) in [4.78, 5) is 5.20. The molecule has 0 amide bonds. The third-order valence-corrected chi connectivity index (χ3v) is 11.2. The van der Waals surface area contributed by atoms with Crippen LogP contribution in [0.15, 0.2) is 188 Å². The van der Waals surface area contributed by atoms with Gasteiger partial charge in [0.05, 0.1) is 55.5 Å².